The highest BCUT2D eigenvalue weighted by Gasteiger charge is 2.37. The zero-order chi connectivity index (χ0) is 15.0. The second-order valence-corrected chi connectivity index (χ2v) is 6.13. The Morgan fingerprint density at radius 3 is 2.33 bits per heavy atom. The standard InChI is InChI=1S/C16H18N2O3/c1-16(6-2-3-7-16)15(21)10-4-5-11-12(8-10)18-14(20)9-13(19)17-11/h4-5,8H,2-3,6-7,9H2,1H3,(H,17,19)(H,18,20). The topological polar surface area (TPSA) is 75.3 Å². The van der Waals surface area contributed by atoms with Crippen LogP contribution in [0.15, 0.2) is 18.2 Å². The van der Waals surface area contributed by atoms with Crippen molar-refractivity contribution in [3.8, 4) is 0 Å². The number of hydrogen-bond acceptors (Lipinski definition) is 3. The van der Waals surface area contributed by atoms with Gasteiger partial charge in [0.05, 0.1) is 11.4 Å². The van der Waals surface area contributed by atoms with Crippen LogP contribution in [-0.2, 0) is 9.59 Å². The van der Waals surface area contributed by atoms with Gasteiger partial charge in [-0.05, 0) is 31.0 Å². The third kappa shape index (κ3) is 2.55. The molecule has 0 radical (unpaired) electrons. The minimum Gasteiger partial charge on any atom is -0.324 e. The zero-order valence-corrected chi connectivity index (χ0v) is 12.0. The fourth-order valence-corrected chi connectivity index (χ4v) is 3.16. The average molecular weight is 286 g/mol. The largest absolute Gasteiger partial charge is 0.324 e. The second-order valence-electron chi connectivity index (χ2n) is 6.13. The van der Waals surface area contributed by atoms with Crippen molar-refractivity contribution in [2.24, 2.45) is 5.41 Å². The van der Waals surface area contributed by atoms with Crippen LogP contribution in [0.1, 0.15) is 49.4 Å². The number of hydrogen-bond donors (Lipinski definition) is 2. The van der Waals surface area contributed by atoms with E-state index in [1.54, 1.807) is 18.2 Å². The Bertz CT molecular complexity index is 630. The number of carbonyl (C=O) groups excluding carboxylic acids is 3. The number of amides is 2. The first-order chi connectivity index (χ1) is 9.98. The van der Waals surface area contributed by atoms with Gasteiger partial charge in [0, 0.05) is 11.0 Å². The van der Waals surface area contributed by atoms with Crippen LogP contribution in [0.4, 0.5) is 11.4 Å². The van der Waals surface area contributed by atoms with Gasteiger partial charge in [-0.3, -0.25) is 14.4 Å². The average Bonchev–Trinajstić information content (AvgIpc) is 2.81. The Morgan fingerprint density at radius 1 is 1.05 bits per heavy atom. The van der Waals surface area contributed by atoms with Crippen molar-refractivity contribution in [2.75, 3.05) is 10.6 Å². The van der Waals surface area contributed by atoms with Gasteiger partial charge in [-0.2, -0.15) is 0 Å². The van der Waals surface area contributed by atoms with Crippen LogP contribution in [0.25, 0.3) is 0 Å². The summed E-state index contributed by atoms with van der Waals surface area (Å²) < 4.78 is 0. The van der Waals surface area contributed by atoms with Crippen molar-refractivity contribution in [2.45, 2.75) is 39.0 Å². The Morgan fingerprint density at radius 2 is 1.67 bits per heavy atom. The molecule has 2 aliphatic rings. The van der Waals surface area contributed by atoms with E-state index >= 15 is 0 Å². The lowest BCUT2D eigenvalue weighted by atomic mass is 9.80. The van der Waals surface area contributed by atoms with E-state index in [-0.39, 0.29) is 29.4 Å². The molecular formula is C16H18N2O3. The smallest absolute Gasteiger partial charge is 0.233 e. The Balaban J connectivity index is 1.94. The van der Waals surface area contributed by atoms with E-state index in [9.17, 15) is 14.4 Å². The van der Waals surface area contributed by atoms with Gasteiger partial charge in [-0.25, -0.2) is 0 Å². The first kappa shape index (κ1) is 13.8. The number of nitrogens with one attached hydrogen (secondary N) is 2. The normalized spacial score (nSPS) is 20.2. The molecule has 5 nitrogen and oxygen atoms in total. The molecule has 1 aromatic carbocycles. The number of fused-ring (bicyclic) bond motifs is 1. The number of rotatable bonds is 2. The van der Waals surface area contributed by atoms with Crippen LogP contribution in [-0.4, -0.2) is 17.6 Å². The SMILES string of the molecule is CC1(C(=O)c2ccc3c(c2)NC(=O)CC(=O)N3)CCCC1. The highest BCUT2D eigenvalue weighted by Crippen LogP contribution is 2.41. The summed E-state index contributed by atoms with van der Waals surface area (Å²) in [5.41, 5.74) is 1.33. The fraction of sp³-hybridized carbons (Fsp3) is 0.438. The molecule has 0 saturated heterocycles. The monoisotopic (exact) mass is 286 g/mol. The van der Waals surface area contributed by atoms with Crippen molar-refractivity contribution in [3.05, 3.63) is 23.8 Å². The van der Waals surface area contributed by atoms with Gasteiger partial charge in [0.1, 0.15) is 6.42 Å². The molecule has 0 unspecified atom stereocenters. The summed E-state index contributed by atoms with van der Waals surface area (Å²) in [5, 5.41) is 5.34. The van der Waals surface area contributed by atoms with Crippen molar-refractivity contribution >= 4 is 29.0 Å². The summed E-state index contributed by atoms with van der Waals surface area (Å²) in [4.78, 5) is 35.8. The van der Waals surface area contributed by atoms with Crippen LogP contribution in [0.2, 0.25) is 0 Å². The number of benzene rings is 1. The minimum absolute atomic E-state index is 0.118. The Kier molecular flexibility index (Phi) is 3.27. The summed E-state index contributed by atoms with van der Waals surface area (Å²) in [7, 11) is 0. The van der Waals surface area contributed by atoms with E-state index < -0.39 is 0 Å². The summed E-state index contributed by atoms with van der Waals surface area (Å²) in [6.07, 6.45) is 3.79. The number of ketones is 1. The summed E-state index contributed by atoms with van der Waals surface area (Å²) in [6.45, 7) is 2.01. The lowest BCUT2D eigenvalue weighted by Crippen LogP contribution is -2.24. The summed E-state index contributed by atoms with van der Waals surface area (Å²) >= 11 is 0. The number of carbonyl (C=O) groups is 3. The van der Waals surface area contributed by atoms with E-state index in [1.807, 2.05) is 6.92 Å². The Labute approximate surface area is 123 Å². The minimum atomic E-state index is -0.358. The van der Waals surface area contributed by atoms with Gasteiger partial charge in [-0.15, -0.1) is 0 Å². The number of anilines is 2. The molecule has 21 heavy (non-hydrogen) atoms. The second kappa shape index (κ2) is 4.98. The van der Waals surface area contributed by atoms with Crippen molar-refractivity contribution in [3.63, 3.8) is 0 Å². The molecule has 5 heteroatoms. The van der Waals surface area contributed by atoms with E-state index in [1.165, 1.54) is 0 Å². The van der Waals surface area contributed by atoms with E-state index in [0.717, 1.165) is 25.7 Å². The summed E-state index contributed by atoms with van der Waals surface area (Å²) in [5.74, 6) is -0.580. The lowest BCUT2D eigenvalue weighted by Gasteiger charge is -2.22. The molecule has 1 aliphatic carbocycles. The highest BCUT2D eigenvalue weighted by atomic mass is 16.2. The summed E-state index contributed by atoms with van der Waals surface area (Å²) in [6, 6.07) is 5.08. The van der Waals surface area contributed by atoms with E-state index in [0.29, 0.717) is 16.9 Å². The van der Waals surface area contributed by atoms with Crippen LogP contribution in [0.3, 0.4) is 0 Å². The first-order valence-electron chi connectivity index (χ1n) is 7.26. The van der Waals surface area contributed by atoms with Crippen molar-refractivity contribution in [1.82, 2.24) is 0 Å². The molecule has 1 aromatic rings. The molecule has 0 atom stereocenters. The molecule has 1 heterocycles. The molecule has 0 spiro atoms. The third-order valence-corrected chi connectivity index (χ3v) is 4.41. The van der Waals surface area contributed by atoms with Crippen LogP contribution >= 0.6 is 0 Å². The molecule has 1 aliphatic heterocycles. The molecule has 1 fully saturated rings. The zero-order valence-electron chi connectivity index (χ0n) is 12.0. The van der Waals surface area contributed by atoms with Gasteiger partial charge in [0.2, 0.25) is 11.8 Å². The maximum absolute atomic E-state index is 12.7. The molecule has 0 bridgehead atoms. The highest BCUT2D eigenvalue weighted by molar-refractivity contribution is 6.14. The van der Waals surface area contributed by atoms with E-state index in [4.69, 9.17) is 0 Å². The number of Topliss-reactive ketones (excluding diaryl/α,β-unsaturated/α-hetero) is 1. The van der Waals surface area contributed by atoms with Gasteiger partial charge >= 0.3 is 0 Å². The predicted octanol–water partition coefficient (Wildman–Crippen LogP) is 2.73. The quantitative estimate of drug-likeness (QED) is 0.648. The Hall–Kier alpha value is -2.17. The molecule has 1 saturated carbocycles. The van der Waals surface area contributed by atoms with E-state index in [2.05, 4.69) is 10.6 Å². The third-order valence-electron chi connectivity index (χ3n) is 4.41. The predicted molar refractivity (Wildman–Crippen MR) is 79.2 cm³/mol. The fourth-order valence-electron chi connectivity index (χ4n) is 3.16. The maximum Gasteiger partial charge on any atom is 0.233 e. The molecule has 3 rings (SSSR count). The lowest BCUT2D eigenvalue weighted by molar-refractivity contribution is -0.123. The first-order valence-corrected chi connectivity index (χ1v) is 7.26. The maximum atomic E-state index is 12.7. The van der Waals surface area contributed by atoms with Gasteiger partial charge < -0.3 is 10.6 Å². The molecular weight excluding hydrogens is 268 g/mol. The molecule has 2 amide bonds. The van der Waals surface area contributed by atoms with Crippen LogP contribution in [0.5, 0.6) is 0 Å². The molecule has 2 N–H and O–H groups in total. The van der Waals surface area contributed by atoms with Crippen molar-refractivity contribution < 1.29 is 14.4 Å². The molecule has 0 aromatic heterocycles. The van der Waals surface area contributed by atoms with Crippen LogP contribution in [0, 0.1) is 5.41 Å². The van der Waals surface area contributed by atoms with Gasteiger partial charge in [0.25, 0.3) is 0 Å². The molecule has 110 valence electrons. The van der Waals surface area contributed by atoms with Crippen LogP contribution < -0.4 is 10.6 Å². The van der Waals surface area contributed by atoms with Gasteiger partial charge in [0.15, 0.2) is 5.78 Å². The van der Waals surface area contributed by atoms with Crippen molar-refractivity contribution in [1.29, 1.82) is 0 Å². The van der Waals surface area contributed by atoms with Gasteiger partial charge in [-0.1, -0.05) is 19.8 Å².